The van der Waals surface area contributed by atoms with Crippen LogP contribution in [0.3, 0.4) is 0 Å². The molecule has 0 saturated carbocycles. The molecule has 1 atom stereocenters. The average Bonchev–Trinajstić information content (AvgIpc) is 3.55. The lowest BCUT2D eigenvalue weighted by Gasteiger charge is -2.26. The molecule has 0 radical (unpaired) electrons. The van der Waals surface area contributed by atoms with Gasteiger partial charge < -0.3 is 19.4 Å². The maximum Gasteiger partial charge on any atom is 0.263 e. The van der Waals surface area contributed by atoms with Crippen LogP contribution in [0.15, 0.2) is 30.6 Å². The molecule has 0 bridgehead atoms. The molecule has 3 aromatic heterocycles. The highest BCUT2D eigenvalue weighted by Crippen LogP contribution is 2.31. The monoisotopic (exact) mass is 451 g/mol. The lowest BCUT2D eigenvalue weighted by molar-refractivity contribution is 0.0359. The average molecular weight is 452 g/mol. The topological polar surface area (TPSA) is 99.3 Å². The van der Waals surface area contributed by atoms with Crippen LogP contribution in [0.5, 0.6) is 5.88 Å². The fraction of sp³-hybridized carbons (Fsp3) is 0.478. The lowest BCUT2D eigenvalue weighted by atomic mass is 10.2. The molecule has 10 nitrogen and oxygen atoms in total. The third kappa shape index (κ3) is 4.49. The molecule has 0 aliphatic carbocycles. The molecular weight excluding hydrogens is 422 g/mol. The minimum absolute atomic E-state index is 0.299. The Labute approximate surface area is 192 Å². The minimum atomic E-state index is -0.305. The smallest absolute Gasteiger partial charge is 0.263 e. The van der Waals surface area contributed by atoms with E-state index in [1.165, 1.54) is 7.11 Å². The van der Waals surface area contributed by atoms with Gasteiger partial charge in [0.1, 0.15) is 17.2 Å². The van der Waals surface area contributed by atoms with Gasteiger partial charge in [-0.3, -0.25) is 14.4 Å². The Bertz CT molecular complexity index is 1130. The summed E-state index contributed by atoms with van der Waals surface area (Å²) in [5.41, 5.74) is 2.14. The maximum atomic E-state index is 13.0. The van der Waals surface area contributed by atoms with Crippen LogP contribution >= 0.6 is 0 Å². The molecule has 33 heavy (non-hydrogen) atoms. The Morgan fingerprint density at radius 2 is 2.12 bits per heavy atom. The molecule has 2 aliphatic heterocycles. The van der Waals surface area contributed by atoms with Crippen LogP contribution in [0.25, 0.3) is 11.4 Å². The quantitative estimate of drug-likeness (QED) is 0.588. The molecule has 3 aromatic rings. The number of anilines is 1. The molecule has 1 unspecified atom stereocenters. The first kappa shape index (κ1) is 21.6. The largest absolute Gasteiger partial charge is 0.479 e. The summed E-state index contributed by atoms with van der Waals surface area (Å²) in [6.07, 6.45) is 5.65. The van der Waals surface area contributed by atoms with Crippen LogP contribution in [0.2, 0.25) is 0 Å². The predicted molar refractivity (Wildman–Crippen MR) is 122 cm³/mol. The third-order valence-electron chi connectivity index (χ3n) is 6.27. The normalized spacial score (nSPS) is 18.3. The van der Waals surface area contributed by atoms with Crippen LogP contribution < -0.4 is 10.1 Å². The number of rotatable bonds is 7. The zero-order chi connectivity index (χ0) is 22.8. The van der Waals surface area contributed by atoms with Gasteiger partial charge >= 0.3 is 0 Å². The number of carbonyl (C=O) groups excluding carboxylic acids is 1. The summed E-state index contributed by atoms with van der Waals surface area (Å²) in [5.74, 6) is 1.55. The second-order valence-electron chi connectivity index (χ2n) is 8.45. The van der Waals surface area contributed by atoms with Gasteiger partial charge in [0, 0.05) is 38.3 Å². The van der Waals surface area contributed by atoms with Crippen LogP contribution in [0, 0.1) is 0 Å². The molecule has 5 heterocycles. The number of methoxy groups -OCH3 is 1. The van der Waals surface area contributed by atoms with Crippen molar-refractivity contribution in [3.63, 3.8) is 0 Å². The van der Waals surface area contributed by atoms with E-state index in [4.69, 9.17) is 9.47 Å². The number of nitrogens with zero attached hydrogens (tertiary/aromatic N) is 6. The van der Waals surface area contributed by atoms with Crippen molar-refractivity contribution in [3.8, 4) is 17.3 Å². The highest BCUT2D eigenvalue weighted by Gasteiger charge is 2.24. The van der Waals surface area contributed by atoms with Gasteiger partial charge in [0.05, 0.1) is 44.5 Å². The molecule has 0 aromatic carbocycles. The number of pyridine rings is 1. The van der Waals surface area contributed by atoms with Crippen molar-refractivity contribution in [2.24, 2.45) is 0 Å². The van der Waals surface area contributed by atoms with E-state index in [0.717, 1.165) is 62.9 Å². The van der Waals surface area contributed by atoms with Gasteiger partial charge in [0.25, 0.3) is 5.91 Å². The molecule has 1 N–H and O–H groups in total. The molecule has 174 valence electrons. The molecule has 5 rings (SSSR count). The summed E-state index contributed by atoms with van der Waals surface area (Å²) in [5, 5.41) is 7.32. The zero-order valence-electron chi connectivity index (χ0n) is 19.0. The number of ether oxygens (including phenoxy) is 2. The number of hydrogen-bond donors (Lipinski definition) is 1. The van der Waals surface area contributed by atoms with Gasteiger partial charge in [-0.15, -0.1) is 5.10 Å². The van der Waals surface area contributed by atoms with E-state index in [1.54, 1.807) is 16.9 Å². The number of aryl methyl sites for hydroxylation is 1. The van der Waals surface area contributed by atoms with Crippen molar-refractivity contribution in [2.45, 2.75) is 32.4 Å². The fourth-order valence-electron chi connectivity index (χ4n) is 4.46. The van der Waals surface area contributed by atoms with E-state index < -0.39 is 0 Å². The van der Waals surface area contributed by atoms with Gasteiger partial charge in [0.15, 0.2) is 0 Å². The summed E-state index contributed by atoms with van der Waals surface area (Å²) in [6.45, 7) is 7.03. The molecule has 2 aliphatic rings. The zero-order valence-corrected chi connectivity index (χ0v) is 19.0. The molecule has 1 fully saturated rings. The number of aromatic nitrogens is 5. The predicted octanol–water partition coefficient (Wildman–Crippen LogP) is 2.24. The maximum absolute atomic E-state index is 13.0. The van der Waals surface area contributed by atoms with Gasteiger partial charge in [-0.25, -0.2) is 9.97 Å². The molecular formula is C23H29N7O3. The summed E-state index contributed by atoms with van der Waals surface area (Å²) in [4.78, 5) is 24.6. The summed E-state index contributed by atoms with van der Waals surface area (Å²) >= 11 is 0. The molecule has 1 amide bonds. The van der Waals surface area contributed by atoms with E-state index in [2.05, 4.69) is 36.8 Å². The van der Waals surface area contributed by atoms with Crippen molar-refractivity contribution in [3.05, 3.63) is 42.0 Å². The van der Waals surface area contributed by atoms with Crippen LogP contribution in [-0.4, -0.2) is 75.1 Å². The number of nitrogens with one attached hydrogen (secondary N) is 1. The molecule has 10 heteroatoms. The van der Waals surface area contributed by atoms with E-state index in [-0.39, 0.29) is 5.91 Å². The summed E-state index contributed by atoms with van der Waals surface area (Å²) in [7, 11) is 1.52. The number of amides is 1. The number of hydrogen-bond acceptors (Lipinski definition) is 7. The van der Waals surface area contributed by atoms with Crippen molar-refractivity contribution in [1.29, 1.82) is 0 Å². The van der Waals surface area contributed by atoms with Crippen LogP contribution in [0.1, 0.15) is 35.6 Å². The standard InChI is InChI=1S/C23H29N7O3/c1-16-6-7-21-24-14-19(30(16)21)18-4-3-5-20(25-18)26-22(31)17-15-29(27-23(17)32-2)9-8-28-10-12-33-13-11-28/h3-5,14-16H,6-13H2,1-2H3,(H,25,26,31). The Hall–Kier alpha value is -3.24. The van der Waals surface area contributed by atoms with Gasteiger partial charge in [-0.2, -0.15) is 0 Å². The first-order valence-corrected chi connectivity index (χ1v) is 11.4. The number of imidazole rings is 1. The Kier molecular flexibility index (Phi) is 6.10. The molecule has 1 saturated heterocycles. The Morgan fingerprint density at radius 1 is 1.27 bits per heavy atom. The van der Waals surface area contributed by atoms with Crippen molar-refractivity contribution in [1.82, 2.24) is 29.2 Å². The minimum Gasteiger partial charge on any atom is -0.479 e. The van der Waals surface area contributed by atoms with E-state index in [0.29, 0.717) is 29.8 Å². The van der Waals surface area contributed by atoms with Gasteiger partial charge in [-0.05, 0) is 25.5 Å². The number of morpholine rings is 1. The highest BCUT2D eigenvalue weighted by atomic mass is 16.5. The second kappa shape index (κ2) is 9.32. The Morgan fingerprint density at radius 3 is 2.94 bits per heavy atom. The SMILES string of the molecule is COc1nn(CCN2CCOCC2)cc1C(=O)Nc1cccc(-c2cnc3n2C(C)CC3)n1. The summed E-state index contributed by atoms with van der Waals surface area (Å²) < 4.78 is 14.7. The van der Waals surface area contributed by atoms with Crippen LogP contribution in [-0.2, 0) is 17.7 Å². The van der Waals surface area contributed by atoms with Gasteiger partial charge in [0.2, 0.25) is 5.88 Å². The number of carbonyl (C=O) groups is 1. The lowest BCUT2D eigenvalue weighted by Crippen LogP contribution is -2.38. The highest BCUT2D eigenvalue weighted by molar-refractivity contribution is 6.05. The van der Waals surface area contributed by atoms with E-state index >= 15 is 0 Å². The van der Waals surface area contributed by atoms with Crippen molar-refractivity contribution >= 4 is 11.7 Å². The first-order valence-electron chi connectivity index (χ1n) is 11.4. The second-order valence-corrected chi connectivity index (χ2v) is 8.45. The fourth-order valence-corrected chi connectivity index (χ4v) is 4.46. The van der Waals surface area contributed by atoms with Crippen LogP contribution in [0.4, 0.5) is 5.82 Å². The van der Waals surface area contributed by atoms with E-state index in [9.17, 15) is 4.79 Å². The summed E-state index contributed by atoms with van der Waals surface area (Å²) in [6, 6.07) is 6.00. The van der Waals surface area contributed by atoms with Gasteiger partial charge in [-0.1, -0.05) is 6.07 Å². The first-order chi connectivity index (χ1) is 16.1. The van der Waals surface area contributed by atoms with E-state index in [1.807, 2.05) is 18.3 Å². The van der Waals surface area contributed by atoms with Crippen molar-refractivity contribution < 1.29 is 14.3 Å². The third-order valence-corrected chi connectivity index (χ3v) is 6.27. The number of fused-ring (bicyclic) bond motifs is 1. The Balaban J connectivity index is 1.30. The molecule has 0 spiro atoms. The van der Waals surface area contributed by atoms with Crippen molar-refractivity contribution in [2.75, 3.05) is 45.3 Å².